The molecule has 0 bridgehead atoms. The van der Waals surface area contributed by atoms with Crippen molar-refractivity contribution in [1.29, 1.82) is 0 Å². The summed E-state index contributed by atoms with van der Waals surface area (Å²) in [4.78, 5) is 14.1. The van der Waals surface area contributed by atoms with Crippen LogP contribution in [0.3, 0.4) is 0 Å². The van der Waals surface area contributed by atoms with E-state index in [1.165, 1.54) is 29.8 Å². The first-order valence-electron chi connectivity index (χ1n) is 14.1. The number of halogens is 2. The summed E-state index contributed by atoms with van der Waals surface area (Å²) in [6.07, 6.45) is 2.65. The Labute approximate surface area is 269 Å². The fourth-order valence-corrected chi connectivity index (χ4v) is 6.76. The van der Waals surface area contributed by atoms with E-state index >= 15 is 0 Å². The average Bonchev–Trinajstić information content (AvgIpc) is 3.49. The van der Waals surface area contributed by atoms with Gasteiger partial charge in [-0.1, -0.05) is 39.0 Å². The van der Waals surface area contributed by atoms with Crippen molar-refractivity contribution in [2.75, 3.05) is 5.32 Å². The number of benzene rings is 3. The number of hydrogen-bond donors (Lipinski definition) is 2. The highest BCUT2D eigenvalue weighted by Gasteiger charge is 2.18. The molecule has 5 rings (SSSR count). The van der Waals surface area contributed by atoms with E-state index in [-0.39, 0.29) is 24.4 Å². The molecule has 0 spiro atoms. The molecule has 8 nitrogen and oxygen atoms in total. The molecule has 0 fully saturated rings. The maximum Gasteiger partial charge on any atom is 0.228 e. The zero-order valence-electron chi connectivity index (χ0n) is 24.3. The van der Waals surface area contributed by atoms with Gasteiger partial charge in [0.25, 0.3) is 0 Å². The number of hydrogen-bond acceptors (Lipinski definition) is 8. The van der Waals surface area contributed by atoms with Crippen molar-refractivity contribution in [1.82, 2.24) is 20.3 Å². The minimum Gasteiger partial charge on any atom is -0.488 e. The number of rotatable bonds is 11. The summed E-state index contributed by atoms with van der Waals surface area (Å²) in [5, 5.41) is 10.2. The van der Waals surface area contributed by atoms with E-state index in [4.69, 9.17) is 9.72 Å². The summed E-state index contributed by atoms with van der Waals surface area (Å²) in [6, 6.07) is 17.6. The van der Waals surface area contributed by atoms with Gasteiger partial charge < -0.3 is 10.1 Å². The molecule has 0 aliphatic carbocycles. The number of nitrogens with zero attached hydrogens (tertiary/aromatic N) is 3. The van der Waals surface area contributed by atoms with Crippen LogP contribution in [0.25, 0.3) is 22.2 Å². The summed E-state index contributed by atoms with van der Waals surface area (Å²) >= 11 is 5.07. The predicted molar refractivity (Wildman–Crippen MR) is 178 cm³/mol. The van der Waals surface area contributed by atoms with Crippen molar-refractivity contribution in [3.63, 3.8) is 0 Å². The van der Waals surface area contributed by atoms with Crippen molar-refractivity contribution < 1.29 is 17.5 Å². The minimum absolute atomic E-state index is 0.208. The van der Waals surface area contributed by atoms with Gasteiger partial charge in [-0.2, -0.15) is 8.42 Å². The maximum atomic E-state index is 13.5. The quantitative estimate of drug-likeness (QED) is 0.134. The van der Waals surface area contributed by atoms with E-state index in [1.807, 2.05) is 68.6 Å². The number of nitrogens with one attached hydrogen (secondary N) is 2. The van der Waals surface area contributed by atoms with Crippen LogP contribution in [-0.4, -0.2) is 28.4 Å². The zero-order valence-corrected chi connectivity index (χ0v) is 27.6. The Morgan fingerprint density at radius 3 is 2.66 bits per heavy atom. The third-order valence-electron chi connectivity index (χ3n) is 6.77. The van der Waals surface area contributed by atoms with E-state index in [1.54, 1.807) is 6.07 Å². The molecule has 1 unspecified atom stereocenters. The highest BCUT2D eigenvalue weighted by Crippen LogP contribution is 2.33. The van der Waals surface area contributed by atoms with Crippen LogP contribution in [-0.2, 0) is 16.9 Å². The summed E-state index contributed by atoms with van der Waals surface area (Å²) < 4.78 is 43.7. The van der Waals surface area contributed by atoms with Gasteiger partial charge in [0, 0.05) is 22.0 Å². The van der Waals surface area contributed by atoms with Gasteiger partial charge in [0.2, 0.25) is 10.3 Å². The van der Waals surface area contributed by atoms with Crippen LogP contribution in [0, 0.1) is 11.7 Å². The van der Waals surface area contributed by atoms with Gasteiger partial charge in [-0.15, -0.1) is 11.3 Å². The number of fused-ring (bicyclic) bond motifs is 1. The lowest BCUT2D eigenvalue weighted by atomic mass is 10.1. The van der Waals surface area contributed by atoms with Crippen LogP contribution >= 0.6 is 27.3 Å². The summed E-state index contributed by atoms with van der Waals surface area (Å²) in [5.41, 5.74) is 3.99. The van der Waals surface area contributed by atoms with Crippen molar-refractivity contribution >= 4 is 65.0 Å². The Bertz CT molecular complexity index is 1920. The Morgan fingerprint density at radius 2 is 1.93 bits per heavy atom. The van der Waals surface area contributed by atoms with Crippen molar-refractivity contribution in [3.8, 4) is 17.0 Å². The first-order valence-corrected chi connectivity index (χ1v) is 16.8. The van der Waals surface area contributed by atoms with Gasteiger partial charge in [0.05, 0.1) is 21.7 Å². The van der Waals surface area contributed by atoms with Gasteiger partial charge in [0.15, 0.2) is 0 Å². The first kappa shape index (κ1) is 31.7. The number of aromatic nitrogens is 3. The van der Waals surface area contributed by atoms with Gasteiger partial charge in [-0.3, -0.25) is 5.32 Å². The average molecular weight is 697 g/mol. The van der Waals surface area contributed by atoms with Crippen LogP contribution in [0.4, 0.5) is 15.9 Å². The molecule has 2 N–H and O–H groups in total. The van der Waals surface area contributed by atoms with E-state index in [9.17, 15) is 12.8 Å². The fourth-order valence-electron chi connectivity index (χ4n) is 4.59. The van der Waals surface area contributed by atoms with Crippen LogP contribution in [0.2, 0.25) is 0 Å². The van der Waals surface area contributed by atoms with Gasteiger partial charge >= 0.3 is 0 Å². The number of ether oxygens (including phenoxy) is 1. The highest BCUT2D eigenvalue weighted by atomic mass is 79.9. The van der Waals surface area contributed by atoms with Crippen molar-refractivity contribution in [2.45, 2.75) is 46.3 Å². The lowest BCUT2D eigenvalue weighted by molar-refractivity contribution is 0.303. The molecule has 0 radical (unpaired) electrons. The second-order valence-electron chi connectivity index (χ2n) is 10.6. The second-order valence-corrected chi connectivity index (χ2v) is 13.3. The molecule has 0 amide bonds. The molecular formula is C32H31BrFN5O3S2. The molecule has 44 heavy (non-hydrogen) atoms. The van der Waals surface area contributed by atoms with E-state index in [0.29, 0.717) is 29.4 Å². The van der Waals surface area contributed by atoms with Gasteiger partial charge in [0.1, 0.15) is 40.3 Å². The monoisotopic (exact) mass is 695 g/mol. The third kappa shape index (κ3) is 7.86. The lowest BCUT2D eigenvalue weighted by Gasteiger charge is -2.15. The molecule has 228 valence electrons. The molecular weight excluding hydrogens is 665 g/mol. The van der Waals surface area contributed by atoms with Gasteiger partial charge in [-0.25, -0.2) is 19.3 Å². The molecule has 0 saturated heterocycles. The Kier molecular flexibility index (Phi) is 10.4. The Balaban J connectivity index is 1.35. The largest absolute Gasteiger partial charge is 0.488 e. The Morgan fingerprint density at radius 1 is 1.09 bits per heavy atom. The summed E-state index contributed by atoms with van der Waals surface area (Å²) in [7, 11) is -2.31. The number of anilines is 2. The van der Waals surface area contributed by atoms with Crippen LogP contribution in [0.15, 0.2) is 76.8 Å². The van der Waals surface area contributed by atoms with Crippen molar-refractivity contribution in [2.24, 2.45) is 5.92 Å². The number of thiazole rings is 1. The molecule has 5 aromatic rings. The maximum absolute atomic E-state index is 13.5. The SMILES string of the molecule is CCC(NC(CC(C)C)=S(=O)=O)c1nc(-c2ccc3ncnc(Nc4ccc(OCc5cccc(F)c5)c(Br)c4)c3c2)cs1. The molecule has 2 aromatic heterocycles. The Hall–Kier alpha value is -3.71. The van der Waals surface area contributed by atoms with E-state index in [0.717, 1.165) is 42.9 Å². The molecule has 1 atom stereocenters. The topological polar surface area (TPSA) is 106 Å². The predicted octanol–water partition coefficient (Wildman–Crippen LogP) is 8.07. The smallest absolute Gasteiger partial charge is 0.228 e. The van der Waals surface area contributed by atoms with E-state index < -0.39 is 10.3 Å². The minimum atomic E-state index is -2.31. The molecule has 0 saturated carbocycles. The first-order chi connectivity index (χ1) is 21.2. The summed E-state index contributed by atoms with van der Waals surface area (Å²) in [6.45, 7) is 6.23. The standard InChI is InChI=1S/C32H31BrFN5O3S2/c1-4-26(38-30(44(40)41)12-19(2)3)32-39-28(17-43-32)21-8-10-27-24(14-21)31(36-18-35-27)37-23-9-11-29(25(33)15-23)42-16-20-6-5-7-22(34)13-20/h5-11,13-15,17-19,26,38H,4,12,16H2,1-3H3,(H,35,36,37). The fraction of sp³-hybridized carbons (Fsp3) is 0.250. The molecule has 0 aliphatic rings. The molecule has 2 heterocycles. The normalized spacial score (nSPS) is 12.0. The van der Waals surface area contributed by atoms with Crippen LogP contribution in [0.5, 0.6) is 5.75 Å². The van der Waals surface area contributed by atoms with Crippen LogP contribution in [0.1, 0.15) is 50.2 Å². The third-order valence-corrected chi connectivity index (χ3v) is 9.03. The lowest BCUT2D eigenvalue weighted by Crippen LogP contribution is -2.29. The van der Waals surface area contributed by atoms with E-state index in [2.05, 4.69) is 36.5 Å². The molecule has 12 heteroatoms. The zero-order chi connectivity index (χ0) is 31.2. The molecule has 3 aromatic carbocycles. The van der Waals surface area contributed by atoms with Crippen molar-refractivity contribution in [3.05, 3.63) is 93.2 Å². The summed E-state index contributed by atoms with van der Waals surface area (Å²) in [5.74, 6) is 1.17. The molecule has 0 aliphatic heterocycles. The van der Waals surface area contributed by atoms with Crippen LogP contribution < -0.4 is 15.4 Å². The highest BCUT2D eigenvalue weighted by molar-refractivity contribution is 9.10. The van der Waals surface area contributed by atoms with Gasteiger partial charge in [-0.05, 0) is 82.7 Å². The second kappa shape index (κ2) is 14.4.